The number of hydrogen-bond donors (Lipinski definition) is 1. The van der Waals surface area contributed by atoms with E-state index in [0.29, 0.717) is 0 Å². The van der Waals surface area contributed by atoms with Crippen LogP contribution in [0.3, 0.4) is 0 Å². The van der Waals surface area contributed by atoms with Crippen molar-refractivity contribution in [3.05, 3.63) is 23.8 Å². The lowest BCUT2D eigenvalue weighted by Crippen LogP contribution is -2.14. The maximum atomic E-state index is 5.96. The van der Waals surface area contributed by atoms with Crippen LogP contribution in [0.1, 0.15) is 32.3 Å². The molecule has 1 N–H and O–H groups in total. The molecule has 0 aliphatic rings. The van der Waals surface area contributed by atoms with Crippen molar-refractivity contribution in [1.82, 2.24) is 5.32 Å². The van der Waals surface area contributed by atoms with E-state index < -0.39 is 0 Å². The van der Waals surface area contributed by atoms with E-state index in [-0.39, 0.29) is 6.10 Å². The Morgan fingerprint density at radius 2 is 2.12 bits per heavy atom. The molecule has 3 heteroatoms. The molecule has 0 fully saturated rings. The van der Waals surface area contributed by atoms with Crippen molar-refractivity contribution in [3.8, 4) is 11.5 Å². The second kappa shape index (κ2) is 7.17. The van der Waals surface area contributed by atoms with Crippen LogP contribution in [-0.4, -0.2) is 20.3 Å². The minimum Gasteiger partial charge on any atom is -0.497 e. The lowest BCUT2D eigenvalue weighted by atomic mass is 10.1. The lowest BCUT2D eigenvalue weighted by molar-refractivity contribution is 0.207. The summed E-state index contributed by atoms with van der Waals surface area (Å²) in [6.45, 7) is 5.07. The van der Waals surface area contributed by atoms with Gasteiger partial charge in [-0.05, 0) is 26.5 Å². The summed E-state index contributed by atoms with van der Waals surface area (Å²) in [6.07, 6.45) is 2.44. The summed E-state index contributed by atoms with van der Waals surface area (Å²) >= 11 is 0. The molecular weight excluding hydrogens is 214 g/mol. The highest BCUT2D eigenvalue weighted by Gasteiger charge is 2.09. The van der Waals surface area contributed by atoms with Crippen LogP contribution in [0.25, 0.3) is 0 Å². The molecule has 0 amide bonds. The van der Waals surface area contributed by atoms with Gasteiger partial charge >= 0.3 is 0 Å². The first-order valence-corrected chi connectivity index (χ1v) is 6.19. The highest BCUT2D eigenvalue weighted by Crippen LogP contribution is 2.26. The van der Waals surface area contributed by atoms with Gasteiger partial charge in [0.25, 0.3) is 0 Å². The Bertz CT molecular complexity index is 339. The van der Waals surface area contributed by atoms with E-state index in [9.17, 15) is 0 Å². The third-order valence-corrected chi connectivity index (χ3v) is 2.66. The lowest BCUT2D eigenvalue weighted by Gasteiger charge is -2.17. The molecule has 0 saturated heterocycles. The molecule has 96 valence electrons. The molecule has 0 spiro atoms. The zero-order valence-electron chi connectivity index (χ0n) is 11.2. The van der Waals surface area contributed by atoms with E-state index in [4.69, 9.17) is 9.47 Å². The first-order valence-electron chi connectivity index (χ1n) is 6.19. The van der Waals surface area contributed by atoms with Crippen LogP contribution < -0.4 is 14.8 Å². The summed E-state index contributed by atoms with van der Waals surface area (Å²) in [5, 5.41) is 3.15. The topological polar surface area (TPSA) is 30.5 Å². The summed E-state index contributed by atoms with van der Waals surface area (Å²) in [6, 6.07) is 5.96. The van der Waals surface area contributed by atoms with Gasteiger partial charge in [0.05, 0.1) is 13.2 Å². The smallest absolute Gasteiger partial charge is 0.127 e. The molecule has 1 unspecified atom stereocenters. The summed E-state index contributed by atoms with van der Waals surface area (Å²) in [4.78, 5) is 0. The van der Waals surface area contributed by atoms with Crippen LogP contribution in [0.5, 0.6) is 11.5 Å². The Morgan fingerprint density at radius 3 is 2.71 bits per heavy atom. The van der Waals surface area contributed by atoms with Crippen molar-refractivity contribution in [2.45, 2.75) is 39.3 Å². The molecule has 3 nitrogen and oxygen atoms in total. The van der Waals surface area contributed by atoms with Crippen LogP contribution in [0, 0.1) is 0 Å². The van der Waals surface area contributed by atoms with E-state index in [1.165, 1.54) is 0 Å². The molecule has 1 aromatic rings. The van der Waals surface area contributed by atoms with E-state index in [1.54, 1.807) is 7.11 Å². The molecule has 0 radical (unpaired) electrons. The van der Waals surface area contributed by atoms with Crippen molar-refractivity contribution >= 4 is 0 Å². The van der Waals surface area contributed by atoms with Gasteiger partial charge < -0.3 is 14.8 Å². The Kier molecular flexibility index (Phi) is 5.84. The number of rotatable bonds is 7. The highest BCUT2D eigenvalue weighted by molar-refractivity contribution is 5.40. The molecule has 1 atom stereocenters. The molecular formula is C14H23NO2. The number of ether oxygens (including phenoxy) is 2. The number of nitrogens with one attached hydrogen (secondary N) is 1. The second-order valence-electron chi connectivity index (χ2n) is 4.22. The van der Waals surface area contributed by atoms with Crippen LogP contribution >= 0.6 is 0 Å². The molecule has 0 heterocycles. The third-order valence-electron chi connectivity index (χ3n) is 2.66. The summed E-state index contributed by atoms with van der Waals surface area (Å²) in [5.74, 6) is 1.75. The van der Waals surface area contributed by atoms with Gasteiger partial charge in [-0.3, -0.25) is 0 Å². The predicted molar refractivity (Wildman–Crippen MR) is 70.8 cm³/mol. The molecule has 0 aliphatic heterocycles. The maximum absolute atomic E-state index is 5.96. The first kappa shape index (κ1) is 13.8. The van der Waals surface area contributed by atoms with Gasteiger partial charge in [0.1, 0.15) is 11.5 Å². The van der Waals surface area contributed by atoms with Crippen LogP contribution in [0.2, 0.25) is 0 Å². The maximum Gasteiger partial charge on any atom is 0.127 e. The molecule has 17 heavy (non-hydrogen) atoms. The van der Waals surface area contributed by atoms with E-state index in [0.717, 1.165) is 36.4 Å². The van der Waals surface area contributed by atoms with E-state index in [1.807, 2.05) is 25.2 Å². The summed E-state index contributed by atoms with van der Waals surface area (Å²) in [5.41, 5.74) is 1.16. The standard InChI is InChI=1S/C14H23NO2/c1-5-6-11(2)17-14-9-13(16-4)8-7-12(14)10-15-3/h7-9,11,15H,5-6,10H2,1-4H3. The zero-order valence-corrected chi connectivity index (χ0v) is 11.2. The average Bonchev–Trinajstić information content (AvgIpc) is 2.32. The van der Waals surface area contributed by atoms with Crippen LogP contribution in [0.15, 0.2) is 18.2 Å². The van der Waals surface area contributed by atoms with Crippen molar-refractivity contribution in [3.63, 3.8) is 0 Å². The minimum absolute atomic E-state index is 0.239. The molecule has 1 aromatic carbocycles. The predicted octanol–water partition coefficient (Wildman–Crippen LogP) is 2.98. The van der Waals surface area contributed by atoms with Crippen molar-refractivity contribution in [2.24, 2.45) is 0 Å². The fraction of sp³-hybridized carbons (Fsp3) is 0.571. The van der Waals surface area contributed by atoms with Gasteiger partial charge in [-0.15, -0.1) is 0 Å². The van der Waals surface area contributed by atoms with Crippen LogP contribution in [-0.2, 0) is 6.54 Å². The quantitative estimate of drug-likeness (QED) is 0.791. The third kappa shape index (κ3) is 4.27. The Labute approximate surface area is 104 Å². The van der Waals surface area contributed by atoms with Crippen molar-refractivity contribution < 1.29 is 9.47 Å². The van der Waals surface area contributed by atoms with Crippen molar-refractivity contribution in [1.29, 1.82) is 0 Å². The van der Waals surface area contributed by atoms with Gasteiger partial charge in [0, 0.05) is 18.2 Å². The van der Waals surface area contributed by atoms with Gasteiger partial charge in [-0.25, -0.2) is 0 Å². The summed E-state index contributed by atoms with van der Waals surface area (Å²) < 4.78 is 11.2. The highest BCUT2D eigenvalue weighted by atomic mass is 16.5. The SMILES string of the molecule is CCCC(C)Oc1cc(OC)ccc1CNC. The normalized spacial score (nSPS) is 12.2. The Hall–Kier alpha value is -1.22. The Morgan fingerprint density at radius 1 is 1.35 bits per heavy atom. The van der Waals surface area contributed by atoms with Crippen LogP contribution in [0.4, 0.5) is 0 Å². The molecule has 1 rings (SSSR count). The largest absolute Gasteiger partial charge is 0.497 e. The number of hydrogen-bond acceptors (Lipinski definition) is 3. The second-order valence-corrected chi connectivity index (χ2v) is 4.22. The summed E-state index contributed by atoms with van der Waals surface area (Å²) in [7, 11) is 3.61. The first-order chi connectivity index (χ1) is 8.21. The van der Waals surface area contributed by atoms with E-state index in [2.05, 4.69) is 19.2 Å². The number of benzene rings is 1. The Balaban J connectivity index is 2.84. The molecule has 0 saturated carbocycles. The molecule has 0 bridgehead atoms. The fourth-order valence-corrected chi connectivity index (χ4v) is 1.79. The fourth-order valence-electron chi connectivity index (χ4n) is 1.79. The van der Waals surface area contributed by atoms with Crippen molar-refractivity contribution in [2.75, 3.05) is 14.2 Å². The average molecular weight is 237 g/mol. The van der Waals surface area contributed by atoms with Gasteiger partial charge in [-0.2, -0.15) is 0 Å². The molecule has 0 aliphatic carbocycles. The zero-order chi connectivity index (χ0) is 12.7. The van der Waals surface area contributed by atoms with Gasteiger partial charge in [-0.1, -0.05) is 19.4 Å². The molecule has 0 aromatic heterocycles. The monoisotopic (exact) mass is 237 g/mol. The number of methoxy groups -OCH3 is 1. The van der Waals surface area contributed by atoms with E-state index >= 15 is 0 Å². The minimum atomic E-state index is 0.239. The van der Waals surface area contributed by atoms with Gasteiger partial charge in [0.15, 0.2) is 0 Å². The van der Waals surface area contributed by atoms with Gasteiger partial charge in [0.2, 0.25) is 0 Å².